The van der Waals surface area contributed by atoms with E-state index in [1.54, 1.807) is 15.8 Å². The molecule has 1 aliphatic rings. The minimum absolute atomic E-state index is 0.0414. The number of rotatable bonds is 5. The zero-order valence-corrected chi connectivity index (χ0v) is 19.3. The van der Waals surface area contributed by atoms with Gasteiger partial charge in [-0.1, -0.05) is 62.4 Å². The molecule has 33 heavy (non-hydrogen) atoms. The average Bonchev–Trinajstić information content (AvgIpc) is 3.32. The number of fused-ring (bicyclic) bond motifs is 1. The quantitative estimate of drug-likeness (QED) is 0.460. The SMILES string of the molecule is Cc1nc(-c2ccc(CN3C(=O)Cc4cnc(-c5ccccc5C(C)C)nc43)cc2)nn1C. The standard InChI is InChI=1S/C26H26N6O/c1-16(2)21-7-5-6-8-22(21)25-27-14-20-13-23(33)32(26(20)29-25)15-18-9-11-19(12-10-18)24-28-17(3)31(4)30-24/h5-12,14,16H,13,15H2,1-4H3. The number of anilines is 1. The number of aryl methyl sites for hydroxylation is 2. The van der Waals surface area contributed by atoms with Crippen molar-refractivity contribution >= 4 is 11.7 Å². The lowest BCUT2D eigenvalue weighted by molar-refractivity contribution is -0.117. The van der Waals surface area contributed by atoms with E-state index in [2.05, 4.69) is 35.0 Å². The molecule has 7 nitrogen and oxygen atoms in total. The smallest absolute Gasteiger partial charge is 0.233 e. The Labute approximate surface area is 193 Å². The zero-order valence-electron chi connectivity index (χ0n) is 19.3. The number of aromatic nitrogens is 5. The van der Waals surface area contributed by atoms with Crippen LogP contribution in [0.2, 0.25) is 0 Å². The molecule has 0 atom stereocenters. The van der Waals surface area contributed by atoms with Crippen LogP contribution in [0.15, 0.2) is 54.7 Å². The second kappa shape index (κ2) is 8.24. The third-order valence-electron chi connectivity index (χ3n) is 6.10. The van der Waals surface area contributed by atoms with Crippen LogP contribution in [0.25, 0.3) is 22.8 Å². The van der Waals surface area contributed by atoms with E-state index in [9.17, 15) is 4.79 Å². The van der Waals surface area contributed by atoms with Crippen LogP contribution < -0.4 is 4.90 Å². The zero-order chi connectivity index (χ0) is 23.1. The summed E-state index contributed by atoms with van der Waals surface area (Å²) in [4.78, 5) is 28.5. The minimum atomic E-state index is 0.0414. The molecule has 0 saturated heterocycles. The monoisotopic (exact) mass is 438 g/mol. The van der Waals surface area contributed by atoms with E-state index in [4.69, 9.17) is 4.98 Å². The first-order chi connectivity index (χ1) is 15.9. The van der Waals surface area contributed by atoms with Gasteiger partial charge in [0.1, 0.15) is 11.6 Å². The summed E-state index contributed by atoms with van der Waals surface area (Å²) in [6.45, 7) is 6.71. The van der Waals surface area contributed by atoms with E-state index in [0.717, 1.165) is 28.1 Å². The summed E-state index contributed by atoms with van der Waals surface area (Å²) in [6.07, 6.45) is 2.13. The van der Waals surface area contributed by atoms with Crippen LogP contribution in [0.4, 0.5) is 5.82 Å². The minimum Gasteiger partial charge on any atom is -0.292 e. The van der Waals surface area contributed by atoms with E-state index in [0.29, 0.717) is 36.4 Å². The lowest BCUT2D eigenvalue weighted by Gasteiger charge is -2.18. The summed E-state index contributed by atoms with van der Waals surface area (Å²) in [7, 11) is 1.88. The molecule has 0 saturated carbocycles. The molecule has 166 valence electrons. The molecule has 0 aliphatic carbocycles. The van der Waals surface area contributed by atoms with E-state index in [1.807, 2.05) is 56.4 Å². The topological polar surface area (TPSA) is 76.8 Å². The van der Waals surface area contributed by atoms with Crippen molar-refractivity contribution in [3.63, 3.8) is 0 Å². The average molecular weight is 439 g/mol. The van der Waals surface area contributed by atoms with Crippen molar-refractivity contribution < 1.29 is 4.79 Å². The summed E-state index contributed by atoms with van der Waals surface area (Å²) in [5.74, 6) is 3.32. The second-order valence-electron chi connectivity index (χ2n) is 8.74. The summed E-state index contributed by atoms with van der Waals surface area (Å²) in [5, 5.41) is 4.44. The second-order valence-corrected chi connectivity index (χ2v) is 8.74. The molecule has 0 fully saturated rings. The molecule has 0 spiro atoms. The van der Waals surface area contributed by atoms with Crippen LogP contribution in [0, 0.1) is 6.92 Å². The Hall–Kier alpha value is -3.87. The van der Waals surface area contributed by atoms with Gasteiger partial charge in [0.25, 0.3) is 0 Å². The van der Waals surface area contributed by atoms with E-state index in [1.165, 1.54) is 5.56 Å². The van der Waals surface area contributed by atoms with Crippen LogP contribution in [0.3, 0.4) is 0 Å². The highest BCUT2D eigenvalue weighted by atomic mass is 16.2. The molecule has 0 N–H and O–H groups in total. The number of carbonyl (C=O) groups is 1. The Morgan fingerprint density at radius 1 is 1.00 bits per heavy atom. The third-order valence-corrected chi connectivity index (χ3v) is 6.10. The first-order valence-corrected chi connectivity index (χ1v) is 11.1. The van der Waals surface area contributed by atoms with Gasteiger partial charge in [-0.15, -0.1) is 0 Å². The van der Waals surface area contributed by atoms with Gasteiger partial charge >= 0.3 is 0 Å². The predicted octanol–water partition coefficient (Wildman–Crippen LogP) is 4.46. The number of carbonyl (C=O) groups excluding carboxylic acids is 1. The van der Waals surface area contributed by atoms with E-state index < -0.39 is 0 Å². The Morgan fingerprint density at radius 3 is 2.45 bits per heavy atom. The van der Waals surface area contributed by atoms with Gasteiger partial charge < -0.3 is 0 Å². The van der Waals surface area contributed by atoms with Gasteiger partial charge in [0.2, 0.25) is 5.91 Å². The Balaban J connectivity index is 1.43. The van der Waals surface area contributed by atoms with Crippen LogP contribution in [0.5, 0.6) is 0 Å². The number of hydrogen-bond acceptors (Lipinski definition) is 5. The fourth-order valence-electron chi connectivity index (χ4n) is 4.16. The molecule has 0 unspecified atom stereocenters. The third kappa shape index (κ3) is 3.91. The van der Waals surface area contributed by atoms with Crippen molar-refractivity contribution in [1.82, 2.24) is 24.7 Å². The van der Waals surface area contributed by atoms with Crippen molar-refractivity contribution in [3.05, 3.63) is 77.2 Å². The summed E-state index contributed by atoms with van der Waals surface area (Å²) in [5.41, 5.74) is 5.05. The number of hydrogen-bond donors (Lipinski definition) is 0. The van der Waals surface area contributed by atoms with Gasteiger partial charge in [-0.3, -0.25) is 14.4 Å². The van der Waals surface area contributed by atoms with Crippen LogP contribution in [0.1, 0.15) is 42.3 Å². The molecular weight excluding hydrogens is 412 g/mol. The summed E-state index contributed by atoms with van der Waals surface area (Å²) in [6, 6.07) is 16.2. The fourth-order valence-corrected chi connectivity index (χ4v) is 4.16. The van der Waals surface area contributed by atoms with Gasteiger partial charge in [-0.05, 0) is 24.0 Å². The molecule has 4 aromatic rings. The molecule has 5 rings (SSSR count). The summed E-state index contributed by atoms with van der Waals surface area (Å²) >= 11 is 0. The number of nitrogens with zero attached hydrogens (tertiary/aromatic N) is 6. The van der Waals surface area contributed by atoms with E-state index in [-0.39, 0.29) is 5.91 Å². The summed E-state index contributed by atoms with van der Waals surface area (Å²) < 4.78 is 1.76. The van der Waals surface area contributed by atoms with E-state index >= 15 is 0 Å². The van der Waals surface area contributed by atoms with Gasteiger partial charge in [0.05, 0.1) is 13.0 Å². The Bertz CT molecular complexity index is 1320. The molecule has 3 heterocycles. The van der Waals surface area contributed by atoms with Crippen molar-refractivity contribution in [3.8, 4) is 22.8 Å². The molecule has 7 heteroatoms. The maximum absolute atomic E-state index is 12.8. The lowest BCUT2D eigenvalue weighted by atomic mass is 9.97. The van der Waals surface area contributed by atoms with Crippen LogP contribution in [-0.4, -0.2) is 30.6 Å². The first kappa shape index (κ1) is 21.0. The molecule has 1 amide bonds. The van der Waals surface area contributed by atoms with Crippen molar-refractivity contribution in [2.75, 3.05) is 4.90 Å². The Kier molecular flexibility index (Phi) is 5.24. The number of amides is 1. The normalized spacial score (nSPS) is 13.1. The highest BCUT2D eigenvalue weighted by Gasteiger charge is 2.30. The molecule has 2 aromatic carbocycles. The van der Waals surface area contributed by atoms with Crippen LogP contribution in [-0.2, 0) is 24.8 Å². The van der Waals surface area contributed by atoms with Crippen molar-refractivity contribution in [2.24, 2.45) is 7.05 Å². The molecule has 2 aromatic heterocycles. The Morgan fingerprint density at radius 2 is 1.76 bits per heavy atom. The van der Waals surface area contributed by atoms with Gasteiger partial charge in [-0.25, -0.2) is 15.0 Å². The van der Waals surface area contributed by atoms with Crippen LogP contribution >= 0.6 is 0 Å². The van der Waals surface area contributed by atoms with Gasteiger partial charge in [0.15, 0.2) is 11.6 Å². The number of benzene rings is 2. The molecule has 0 radical (unpaired) electrons. The predicted molar refractivity (Wildman–Crippen MR) is 128 cm³/mol. The first-order valence-electron chi connectivity index (χ1n) is 11.1. The maximum atomic E-state index is 12.8. The van der Waals surface area contributed by atoms with Crippen molar-refractivity contribution in [2.45, 2.75) is 39.7 Å². The molecule has 0 bridgehead atoms. The highest BCUT2D eigenvalue weighted by Crippen LogP contribution is 2.32. The molecular formula is C26H26N6O. The lowest BCUT2D eigenvalue weighted by Crippen LogP contribution is -2.26. The van der Waals surface area contributed by atoms with Crippen molar-refractivity contribution in [1.29, 1.82) is 0 Å². The van der Waals surface area contributed by atoms with Gasteiger partial charge in [0, 0.05) is 29.9 Å². The fraction of sp³-hybridized carbons (Fsp3) is 0.269. The largest absolute Gasteiger partial charge is 0.292 e. The maximum Gasteiger partial charge on any atom is 0.233 e. The molecule has 1 aliphatic heterocycles. The highest BCUT2D eigenvalue weighted by molar-refractivity contribution is 6.00. The van der Waals surface area contributed by atoms with Gasteiger partial charge in [-0.2, -0.15) is 5.10 Å².